The van der Waals surface area contributed by atoms with Gasteiger partial charge in [0.2, 0.25) is 11.5 Å². The maximum atomic E-state index is 12.9. The number of hydrogen-bond acceptors (Lipinski definition) is 7. The predicted octanol–water partition coefficient (Wildman–Crippen LogP) is 6.13. The highest BCUT2D eigenvalue weighted by Gasteiger charge is 2.31. The van der Waals surface area contributed by atoms with Gasteiger partial charge >= 0.3 is 11.9 Å². The van der Waals surface area contributed by atoms with Crippen LogP contribution >= 0.6 is 15.9 Å². The monoisotopic (exact) mass is 532 g/mol. The molecule has 174 valence electrons. The van der Waals surface area contributed by atoms with E-state index in [9.17, 15) is 14.4 Å². The highest BCUT2D eigenvalue weighted by molar-refractivity contribution is 9.10. The predicted molar refractivity (Wildman–Crippen MR) is 131 cm³/mol. The Morgan fingerprint density at radius 1 is 0.971 bits per heavy atom. The second-order valence-electron chi connectivity index (χ2n) is 7.80. The van der Waals surface area contributed by atoms with Crippen molar-refractivity contribution >= 4 is 50.7 Å². The lowest BCUT2D eigenvalue weighted by molar-refractivity contribution is 0.0600. The first-order valence-electron chi connectivity index (χ1n) is 10.5. The molecule has 0 saturated carbocycles. The Labute approximate surface area is 208 Å². The Morgan fingerprint density at radius 2 is 1.74 bits per heavy atom. The number of furan rings is 1. The second kappa shape index (κ2) is 8.88. The number of rotatable bonds is 4. The van der Waals surface area contributed by atoms with Crippen molar-refractivity contribution in [2.75, 3.05) is 7.11 Å². The van der Waals surface area contributed by atoms with Crippen LogP contribution in [0, 0.1) is 6.92 Å². The summed E-state index contributed by atoms with van der Waals surface area (Å²) in [5, 5.41) is 0.764. The van der Waals surface area contributed by atoms with E-state index in [1.807, 2.05) is 12.1 Å². The summed E-state index contributed by atoms with van der Waals surface area (Å²) in [4.78, 5) is 37.2. The van der Waals surface area contributed by atoms with Crippen LogP contribution in [0.2, 0.25) is 0 Å². The quantitative estimate of drug-likeness (QED) is 0.177. The van der Waals surface area contributed by atoms with Crippen LogP contribution in [0.4, 0.5) is 0 Å². The zero-order chi connectivity index (χ0) is 24.7. The summed E-state index contributed by atoms with van der Waals surface area (Å²) in [5.74, 6) is -0.630. The van der Waals surface area contributed by atoms with Crippen molar-refractivity contribution in [1.82, 2.24) is 0 Å². The number of ketones is 1. The van der Waals surface area contributed by atoms with Crippen molar-refractivity contribution in [1.29, 1.82) is 0 Å². The number of Topliss-reactive ketones (excluding diaryl/α,β-unsaturated/α-hetero) is 1. The molecule has 1 aliphatic heterocycles. The van der Waals surface area contributed by atoms with E-state index in [0.717, 1.165) is 9.86 Å². The van der Waals surface area contributed by atoms with Gasteiger partial charge in [0.15, 0.2) is 5.76 Å². The van der Waals surface area contributed by atoms with E-state index in [-0.39, 0.29) is 23.1 Å². The molecule has 5 rings (SSSR count). The Kier molecular flexibility index (Phi) is 5.74. The molecule has 3 aromatic carbocycles. The minimum Gasteiger partial charge on any atom is -0.465 e. The number of esters is 2. The molecule has 0 atom stereocenters. The molecule has 1 aromatic heterocycles. The standard InChI is InChI=1S/C27H17BrO7/c1-14-20(35-27(31)23-13-17-12-18(28)7-9-21(17)33-23)10-8-19-24(29)22(34-25(14)19)11-15-3-5-16(6-4-15)26(30)32-2/h3-13H,1-2H3/b22-11-. The zero-order valence-corrected chi connectivity index (χ0v) is 20.2. The summed E-state index contributed by atoms with van der Waals surface area (Å²) in [5.41, 5.74) is 2.51. The Morgan fingerprint density at radius 3 is 2.49 bits per heavy atom. The summed E-state index contributed by atoms with van der Waals surface area (Å²) < 4.78 is 22.6. The minimum absolute atomic E-state index is 0.0611. The fourth-order valence-corrected chi connectivity index (χ4v) is 4.11. The number of halogens is 1. The molecular weight excluding hydrogens is 516 g/mol. The maximum Gasteiger partial charge on any atom is 0.379 e. The summed E-state index contributed by atoms with van der Waals surface area (Å²) in [6.45, 7) is 1.71. The average molecular weight is 533 g/mol. The average Bonchev–Trinajstić information content (AvgIpc) is 3.42. The van der Waals surface area contributed by atoms with Crippen LogP contribution in [0.25, 0.3) is 17.0 Å². The SMILES string of the molecule is COC(=O)c1ccc(/C=C2\Oc3c(ccc(OC(=O)c4cc5cc(Br)ccc5o4)c3C)C2=O)cc1. The molecule has 0 amide bonds. The van der Waals surface area contributed by atoms with Crippen molar-refractivity contribution in [2.45, 2.75) is 6.92 Å². The fraction of sp³-hybridized carbons (Fsp3) is 0.0741. The number of fused-ring (bicyclic) bond motifs is 2. The number of benzene rings is 3. The summed E-state index contributed by atoms with van der Waals surface area (Å²) >= 11 is 3.39. The molecule has 8 heteroatoms. The van der Waals surface area contributed by atoms with E-state index in [1.54, 1.807) is 61.5 Å². The molecule has 4 aromatic rings. The van der Waals surface area contributed by atoms with Gasteiger partial charge in [0.1, 0.15) is 17.1 Å². The van der Waals surface area contributed by atoms with Gasteiger partial charge in [-0.25, -0.2) is 9.59 Å². The maximum absolute atomic E-state index is 12.9. The molecule has 7 nitrogen and oxygen atoms in total. The molecule has 0 N–H and O–H groups in total. The van der Waals surface area contributed by atoms with Gasteiger partial charge in [0.05, 0.1) is 18.2 Å². The molecule has 35 heavy (non-hydrogen) atoms. The van der Waals surface area contributed by atoms with Crippen molar-refractivity contribution in [3.05, 3.63) is 98.9 Å². The van der Waals surface area contributed by atoms with Crippen molar-refractivity contribution in [3.8, 4) is 11.5 Å². The molecule has 0 fully saturated rings. The number of carbonyl (C=O) groups is 3. The van der Waals surface area contributed by atoms with Crippen LogP contribution in [-0.2, 0) is 4.74 Å². The lowest BCUT2D eigenvalue weighted by Crippen LogP contribution is -2.08. The third kappa shape index (κ3) is 4.24. The van der Waals surface area contributed by atoms with E-state index in [4.69, 9.17) is 18.6 Å². The van der Waals surface area contributed by atoms with E-state index in [1.165, 1.54) is 7.11 Å². The van der Waals surface area contributed by atoms with Crippen LogP contribution in [0.1, 0.15) is 42.4 Å². The van der Waals surface area contributed by atoms with Gasteiger partial charge in [0, 0.05) is 15.4 Å². The normalized spacial score (nSPS) is 13.6. The number of methoxy groups -OCH3 is 1. The third-order valence-corrected chi connectivity index (χ3v) is 6.04. The molecule has 0 radical (unpaired) electrons. The number of hydrogen-bond donors (Lipinski definition) is 0. The van der Waals surface area contributed by atoms with Crippen LogP contribution in [0.5, 0.6) is 11.5 Å². The van der Waals surface area contributed by atoms with Crippen LogP contribution in [0.15, 0.2) is 75.3 Å². The number of carbonyl (C=O) groups excluding carboxylic acids is 3. The van der Waals surface area contributed by atoms with Gasteiger partial charge in [-0.1, -0.05) is 28.1 Å². The number of allylic oxidation sites excluding steroid dienone is 1. The van der Waals surface area contributed by atoms with Gasteiger partial charge in [0.25, 0.3) is 0 Å². The van der Waals surface area contributed by atoms with E-state index in [2.05, 4.69) is 15.9 Å². The van der Waals surface area contributed by atoms with Gasteiger partial charge in [-0.3, -0.25) is 4.79 Å². The first-order chi connectivity index (χ1) is 16.8. The first kappa shape index (κ1) is 22.6. The zero-order valence-electron chi connectivity index (χ0n) is 18.6. The fourth-order valence-electron chi connectivity index (χ4n) is 3.73. The van der Waals surface area contributed by atoms with E-state index < -0.39 is 11.9 Å². The summed E-state index contributed by atoms with van der Waals surface area (Å²) in [6.07, 6.45) is 1.58. The van der Waals surface area contributed by atoms with E-state index >= 15 is 0 Å². The molecular formula is C27H17BrO7. The third-order valence-electron chi connectivity index (χ3n) is 5.55. The Hall–Kier alpha value is -4.17. The van der Waals surface area contributed by atoms with Crippen molar-refractivity contribution in [2.24, 2.45) is 0 Å². The molecule has 0 saturated heterocycles. The topological polar surface area (TPSA) is 92.0 Å². The van der Waals surface area contributed by atoms with Gasteiger partial charge in [-0.05, 0) is 67.1 Å². The van der Waals surface area contributed by atoms with Gasteiger partial charge < -0.3 is 18.6 Å². The molecule has 2 heterocycles. The molecule has 0 spiro atoms. The van der Waals surface area contributed by atoms with Crippen molar-refractivity contribution < 1.29 is 33.0 Å². The molecule has 1 aliphatic rings. The smallest absolute Gasteiger partial charge is 0.379 e. The Balaban J connectivity index is 1.38. The van der Waals surface area contributed by atoms with Crippen LogP contribution in [0.3, 0.4) is 0 Å². The summed E-state index contributed by atoms with van der Waals surface area (Å²) in [6, 6.07) is 16.7. The highest BCUT2D eigenvalue weighted by Crippen LogP contribution is 2.39. The highest BCUT2D eigenvalue weighted by atomic mass is 79.9. The van der Waals surface area contributed by atoms with E-state index in [0.29, 0.717) is 33.6 Å². The number of ether oxygens (including phenoxy) is 3. The van der Waals surface area contributed by atoms with Gasteiger partial charge in [-0.15, -0.1) is 0 Å². The largest absolute Gasteiger partial charge is 0.465 e. The van der Waals surface area contributed by atoms with Crippen molar-refractivity contribution in [3.63, 3.8) is 0 Å². The van der Waals surface area contributed by atoms with Gasteiger partial charge in [-0.2, -0.15) is 0 Å². The lowest BCUT2D eigenvalue weighted by atomic mass is 10.1. The second-order valence-corrected chi connectivity index (χ2v) is 8.72. The molecule has 0 aliphatic carbocycles. The summed E-state index contributed by atoms with van der Waals surface area (Å²) in [7, 11) is 1.31. The van der Waals surface area contributed by atoms with Crippen LogP contribution < -0.4 is 9.47 Å². The van der Waals surface area contributed by atoms with Crippen LogP contribution in [-0.4, -0.2) is 24.8 Å². The lowest BCUT2D eigenvalue weighted by Gasteiger charge is -2.09. The Bertz CT molecular complexity index is 1540. The molecule has 0 unspecified atom stereocenters. The minimum atomic E-state index is -0.661. The molecule has 0 bridgehead atoms. The first-order valence-corrected chi connectivity index (χ1v) is 11.3.